The van der Waals surface area contributed by atoms with Crippen molar-refractivity contribution in [3.05, 3.63) is 75.8 Å². The molecule has 4 atom stereocenters. The van der Waals surface area contributed by atoms with Crippen molar-refractivity contribution in [3.8, 4) is 0 Å². The van der Waals surface area contributed by atoms with E-state index in [1.807, 2.05) is 50.3 Å². The number of amides is 2. The smallest absolute Gasteiger partial charge is 0.261 e. The zero-order valence-electron chi connectivity index (χ0n) is 17.9. The van der Waals surface area contributed by atoms with Gasteiger partial charge >= 0.3 is 0 Å². The van der Waals surface area contributed by atoms with Crippen LogP contribution >= 0.6 is 15.9 Å². The number of nitrogens with zero attached hydrogens (tertiary/aromatic N) is 1. The van der Waals surface area contributed by atoms with Gasteiger partial charge in [-0.1, -0.05) is 52.3 Å². The van der Waals surface area contributed by atoms with Crippen molar-refractivity contribution < 1.29 is 23.8 Å². The van der Waals surface area contributed by atoms with Gasteiger partial charge in [-0.3, -0.25) is 14.5 Å². The Hall–Kier alpha value is -2.32. The minimum absolute atomic E-state index is 0.0576. The van der Waals surface area contributed by atoms with Crippen LogP contribution in [0.1, 0.15) is 46.5 Å². The van der Waals surface area contributed by atoms with E-state index in [-0.39, 0.29) is 29.9 Å². The van der Waals surface area contributed by atoms with E-state index in [1.165, 1.54) is 4.90 Å². The summed E-state index contributed by atoms with van der Waals surface area (Å²) in [5.41, 5.74) is 1.98. The largest absolute Gasteiger partial charge is 0.342 e. The highest BCUT2D eigenvalue weighted by Crippen LogP contribution is 2.43. The Morgan fingerprint density at radius 1 is 1.00 bits per heavy atom. The molecule has 0 saturated carbocycles. The number of imide groups is 1. The highest BCUT2D eigenvalue weighted by molar-refractivity contribution is 9.10. The number of carbonyl (C=O) groups is 2. The number of hydrogen-bond donors (Lipinski definition) is 0. The van der Waals surface area contributed by atoms with Crippen molar-refractivity contribution in [2.75, 3.05) is 6.54 Å². The quantitative estimate of drug-likeness (QED) is 0.562. The van der Waals surface area contributed by atoms with Gasteiger partial charge in [0, 0.05) is 16.9 Å². The van der Waals surface area contributed by atoms with Crippen LogP contribution in [-0.2, 0) is 14.2 Å². The molecule has 3 heterocycles. The van der Waals surface area contributed by atoms with Crippen molar-refractivity contribution >= 4 is 33.8 Å². The number of carbonyl (C=O) groups excluding carboxylic acids is 2. The summed E-state index contributed by atoms with van der Waals surface area (Å²) < 4.78 is 19.3. The molecule has 0 bridgehead atoms. The maximum absolute atomic E-state index is 12.8. The van der Waals surface area contributed by atoms with Crippen molar-refractivity contribution in [1.29, 1.82) is 0 Å². The summed E-state index contributed by atoms with van der Waals surface area (Å²) >= 11 is 3.45. The fraction of sp³-hybridized carbons (Fsp3) is 0.360. The molecule has 2 aromatic rings. The number of halogens is 1. The second-order valence-electron chi connectivity index (χ2n) is 8.74. The van der Waals surface area contributed by atoms with Gasteiger partial charge in [-0.15, -0.1) is 0 Å². The van der Waals surface area contributed by atoms with E-state index in [2.05, 4.69) is 15.9 Å². The Kier molecular flexibility index (Phi) is 5.53. The molecule has 2 saturated heterocycles. The topological polar surface area (TPSA) is 65.1 Å². The molecule has 32 heavy (non-hydrogen) atoms. The van der Waals surface area contributed by atoms with Gasteiger partial charge in [0.05, 0.1) is 17.2 Å². The molecule has 5 rings (SSSR count). The molecule has 0 spiro atoms. The summed E-state index contributed by atoms with van der Waals surface area (Å²) in [5.74, 6) is -1.28. The number of hydrogen-bond acceptors (Lipinski definition) is 5. The number of ether oxygens (including phenoxy) is 3. The van der Waals surface area contributed by atoms with Crippen LogP contribution < -0.4 is 0 Å². The van der Waals surface area contributed by atoms with E-state index in [4.69, 9.17) is 14.2 Å². The normalized spacial score (nSPS) is 28.5. The van der Waals surface area contributed by atoms with Gasteiger partial charge in [0.15, 0.2) is 12.1 Å². The van der Waals surface area contributed by atoms with Crippen LogP contribution in [0.2, 0.25) is 0 Å². The molecule has 2 aromatic carbocycles. The van der Waals surface area contributed by atoms with Gasteiger partial charge in [0.25, 0.3) is 11.8 Å². The molecule has 0 N–H and O–H groups in total. The van der Waals surface area contributed by atoms with Crippen LogP contribution in [0, 0.1) is 5.92 Å². The van der Waals surface area contributed by atoms with Crippen LogP contribution in [0.3, 0.4) is 0 Å². The summed E-state index contributed by atoms with van der Waals surface area (Å²) in [6.07, 6.45) is 3.59. The molecule has 7 heteroatoms. The molecular weight excluding hydrogens is 474 g/mol. The van der Waals surface area contributed by atoms with Crippen LogP contribution in [0.25, 0.3) is 6.08 Å². The molecule has 0 unspecified atom stereocenters. The predicted molar refractivity (Wildman–Crippen MR) is 122 cm³/mol. The molecule has 3 aliphatic rings. The van der Waals surface area contributed by atoms with Gasteiger partial charge in [-0.25, -0.2) is 0 Å². The third kappa shape index (κ3) is 3.94. The molecule has 0 aromatic heterocycles. The minimum atomic E-state index is -0.733. The maximum atomic E-state index is 12.8. The first-order valence-corrected chi connectivity index (χ1v) is 11.5. The Bertz CT molecular complexity index is 1040. The van der Waals surface area contributed by atoms with Crippen molar-refractivity contribution in [2.24, 2.45) is 5.92 Å². The van der Waals surface area contributed by atoms with Crippen LogP contribution in [0.5, 0.6) is 0 Å². The summed E-state index contributed by atoms with van der Waals surface area (Å²) in [6.45, 7) is 4.03. The lowest BCUT2D eigenvalue weighted by Crippen LogP contribution is -2.36. The SMILES string of the molecule is CC1(C)O[C@@H]2O[C@H](/C=C/c3ccc(Br)cc3)[C@H](CCN3C(=O)c4ccccc4C3=O)[C@@H]2O1. The van der Waals surface area contributed by atoms with Gasteiger partial charge in [-0.2, -0.15) is 0 Å². The number of rotatable bonds is 5. The standard InChI is InChI=1S/C25H24BrNO5/c1-25(2)31-21-19(13-14-27-22(28)17-5-3-4-6-18(17)23(27)29)20(30-24(21)32-25)12-9-15-7-10-16(26)11-8-15/h3-12,19-21,24H,13-14H2,1-2H3/b12-9+/t19-,20+,21-,24-/m0/s1. The summed E-state index contributed by atoms with van der Waals surface area (Å²) in [7, 11) is 0. The fourth-order valence-electron chi connectivity index (χ4n) is 4.61. The second kappa shape index (κ2) is 8.23. The lowest BCUT2D eigenvalue weighted by atomic mass is 9.93. The fourth-order valence-corrected chi connectivity index (χ4v) is 4.88. The van der Waals surface area contributed by atoms with Crippen LogP contribution in [0.15, 0.2) is 59.1 Å². The zero-order chi connectivity index (χ0) is 22.5. The van der Waals surface area contributed by atoms with E-state index >= 15 is 0 Å². The molecule has 2 amide bonds. The van der Waals surface area contributed by atoms with Gasteiger partial charge in [-0.05, 0) is 50.1 Å². The first-order chi connectivity index (χ1) is 15.3. The number of benzene rings is 2. The van der Waals surface area contributed by atoms with Crippen LogP contribution in [0.4, 0.5) is 0 Å². The molecule has 0 aliphatic carbocycles. The van der Waals surface area contributed by atoms with E-state index in [0.29, 0.717) is 24.1 Å². The average Bonchev–Trinajstić information content (AvgIpc) is 3.32. The number of fused-ring (bicyclic) bond motifs is 2. The van der Waals surface area contributed by atoms with Crippen molar-refractivity contribution in [2.45, 2.75) is 44.6 Å². The highest BCUT2D eigenvalue weighted by Gasteiger charge is 2.54. The lowest BCUT2D eigenvalue weighted by Gasteiger charge is -2.25. The lowest BCUT2D eigenvalue weighted by molar-refractivity contribution is -0.205. The van der Waals surface area contributed by atoms with Crippen LogP contribution in [-0.4, -0.2) is 47.5 Å². The van der Waals surface area contributed by atoms with Gasteiger partial charge in [0.2, 0.25) is 0 Å². The highest BCUT2D eigenvalue weighted by atomic mass is 79.9. The van der Waals surface area contributed by atoms with E-state index < -0.39 is 12.1 Å². The second-order valence-corrected chi connectivity index (χ2v) is 9.66. The third-order valence-electron chi connectivity index (χ3n) is 6.14. The van der Waals surface area contributed by atoms with Gasteiger partial charge in [0.1, 0.15) is 6.10 Å². The average molecular weight is 498 g/mol. The third-order valence-corrected chi connectivity index (χ3v) is 6.66. The van der Waals surface area contributed by atoms with E-state index in [9.17, 15) is 9.59 Å². The molecular formula is C25H24BrNO5. The zero-order valence-corrected chi connectivity index (χ0v) is 19.4. The van der Waals surface area contributed by atoms with E-state index in [0.717, 1.165) is 10.0 Å². The van der Waals surface area contributed by atoms with Gasteiger partial charge < -0.3 is 14.2 Å². The molecule has 166 valence electrons. The van der Waals surface area contributed by atoms with E-state index in [1.54, 1.807) is 24.3 Å². The summed E-state index contributed by atoms with van der Waals surface area (Å²) in [4.78, 5) is 26.9. The molecule has 2 fully saturated rings. The maximum Gasteiger partial charge on any atom is 0.261 e. The summed E-state index contributed by atoms with van der Waals surface area (Å²) in [5, 5.41) is 0. The Balaban J connectivity index is 1.33. The Labute approximate surface area is 195 Å². The Morgan fingerprint density at radius 3 is 2.31 bits per heavy atom. The molecule has 0 radical (unpaired) electrons. The predicted octanol–water partition coefficient (Wildman–Crippen LogP) is 4.64. The summed E-state index contributed by atoms with van der Waals surface area (Å²) in [6, 6.07) is 14.9. The first-order valence-electron chi connectivity index (χ1n) is 10.7. The Morgan fingerprint density at radius 2 is 1.66 bits per heavy atom. The van der Waals surface area contributed by atoms with Crippen molar-refractivity contribution in [3.63, 3.8) is 0 Å². The molecule has 3 aliphatic heterocycles. The monoisotopic (exact) mass is 497 g/mol. The molecule has 6 nitrogen and oxygen atoms in total. The van der Waals surface area contributed by atoms with Crippen molar-refractivity contribution in [1.82, 2.24) is 4.90 Å². The minimum Gasteiger partial charge on any atom is -0.342 e. The first kappa shape index (κ1) is 21.5.